The van der Waals surface area contributed by atoms with E-state index in [1.54, 1.807) is 12.1 Å². The highest BCUT2D eigenvalue weighted by Crippen LogP contribution is 2.38. The molecule has 1 N–H and O–H groups in total. The molecular weight excluding hydrogens is 384 g/mol. The third-order valence-electron chi connectivity index (χ3n) is 3.57. The van der Waals surface area contributed by atoms with Crippen molar-refractivity contribution in [3.05, 3.63) is 52.6 Å². The van der Waals surface area contributed by atoms with Gasteiger partial charge in [-0.2, -0.15) is 0 Å². The van der Waals surface area contributed by atoms with E-state index in [1.807, 2.05) is 0 Å². The summed E-state index contributed by atoms with van der Waals surface area (Å²) in [6.07, 6.45) is -0.130. The fraction of sp³-hybridized carbons (Fsp3) is 0.222. The van der Waals surface area contributed by atoms with Gasteiger partial charge < -0.3 is 19.5 Å². The quantitative estimate of drug-likeness (QED) is 0.785. The zero-order valence-electron chi connectivity index (χ0n) is 13.9. The topological polar surface area (TPSA) is 73.9 Å². The summed E-state index contributed by atoms with van der Waals surface area (Å²) in [7, 11) is 0. The molecule has 2 aromatic rings. The van der Waals surface area contributed by atoms with Crippen molar-refractivity contribution in [2.75, 3.05) is 25.1 Å². The van der Waals surface area contributed by atoms with E-state index in [0.717, 1.165) is 12.1 Å². The lowest BCUT2D eigenvalue weighted by Gasteiger charge is -2.20. The number of carbonyl (C=O) groups is 2. The van der Waals surface area contributed by atoms with Crippen LogP contribution in [0.25, 0.3) is 0 Å². The van der Waals surface area contributed by atoms with E-state index in [-0.39, 0.29) is 12.1 Å². The van der Waals surface area contributed by atoms with Gasteiger partial charge in [-0.25, -0.2) is 8.78 Å². The zero-order chi connectivity index (χ0) is 19.4. The maximum atomic E-state index is 13.1. The van der Waals surface area contributed by atoms with Crippen LogP contribution in [0.1, 0.15) is 5.56 Å². The molecule has 1 amide bonds. The van der Waals surface area contributed by atoms with E-state index in [9.17, 15) is 18.4 Å². The van der Waals surface area contributed by atoms with Gasteiger partial charge in [0.2, 0.25) is 0 Å². The summed E-state index contributed by atoms with van der Waals surface area (Å²) in [5, 5.41) is 2.61. The molecule has 27 heavy (non-hydrogen) atoms. The van der Waals surface area contributed by atoms with Gasteiger partial charge in [-0.05, 0) is 29.8 Å². The Kier molecular flexibility index (Phi) is 5.75. The van der Waals surface area contributed by atoms with Gasteiger partial charge in [0.25, 0.3) is 5.91 Å². The van der Waals surface area contributed by atoms with Crippen LogP contribution < -0.4 is 14.8 Å². The number of benzene rings is 2. The van der Waals surface area contributed by atoms with Crippen molar-refractivity contribution in [3.63, 3.8) is 0 Å². The summed E-state index contributed by atoms with van der Waals surface area (Å²) < 4.78 is 41.6. The van der Waals surface area contributed by atoms with Crippen LogP contribution in [0.4, 0.5) is 14.5 Å². The number of esters is 1. The average molecular weight is 398 g/mol. The summed E-state index contributed by atoms with van der Waals surface area (Å²) in [6, 6.07) is 6.06. The molecule has 0 bridgehead atoms. The van der Waals surface area contributed by atoms with Crippen LogP contribution >= 0.6 is 11.6 Å². The van der Waals surface area contributed by atoms with Gasteiger partial charge in [-0.3, -0.25) is 9.59 Å². The normalized spacial score (nSPS) is 12.4. The SMILES string of the molecule is O=C(COC(=O)Cc1cc(Cl)c2c(c1)OCCO2)Nc1ccc(F)c(F)c1. The van der Waals surface area contributed by atoms with Gasteiger partial charge in [-0.15, -0.1) is 0 Å². The highest BCUT2D eigenvalue weighted by atomic mass is 35.5. The second-order valence-electron chi connectivity index (χ2n) is 5.62. The fourth-order valence-electron chi connectivity index (χ4n) is 2.40. The number of ether oxygens (including phenoxy) is 3. The molecule has 9 heteroatoms. The molecule has 0 aromatic heterocycles. The van der Waals surface area contributed by atoms with Gasteiger partial charge in [0.15, 0.2) is 29.7 Å². The number of halogens is 3. The summed E-state index contributed by atoms with van der Waals surface area (Å²) in [5.41, 5.74) is 0.587. The van der Waals surface area contributed by atoms with Crippen LogP contribution in [-0.2, 0) is 20.7 Å². The third kappa shape index (κ3) is 4.85. The van der Waals surface area contributed by atoms with Crippen LogP contribution in [-0.4, -0.2) is 31.7 Å². The first kappa shape index (κ1) is 18.9. The number of rotatable bonds is 5. The molecule has 0 fully saturated rings. The lowest BCUT2D eigenvalue weighted by molar-refractivity contribution is -0.146. The Bertz CT molecular complexity index is 890. The molecule has 1 aliphatic rings. The first-order valence-corrected chi connectivity index (χ1v) is 8.28. The lowest BCUT2D eigenvalue weighted by Crippen LogP contribution is -2.22. The molecule has 3 rings (SSSR count). The van der Waals surface area contributed by atoms with E-state index < -0.39 is 30.1 Å². The summed E-state index contributed by atoms with van der Waals surface area (Å²) in [5.74, 6) is -2.62. The molecule has 0 radical (unpaired) electrons. The van der Waals surface area contributed by atoms with E-state index >= 15 is 0 Å². The number of hydrogen-bond donors (Lipinski definition) is 1. The summed E-state index contributed by atoms with van der Waals surface area (Å²) >= 11 is 6.09. The van der Waals surface area contributed by atoms with Crippen LogP contribution in [0, 0.1) is 11.6 Å². The number of hydrogen-bond acceptors (Lipinski definition) is 5. The Balaban J connectivity index is 1.53. The van der Waals surface area contributed by atoms with E-state index in [2.05, 4.69) is 5.32 Å². The van der Waals surface area contributed by atoms with E-state index in [4.69, 9.17) is 25.8 Å². The van der Waals surface area contributed by atoms with Gasteiger partial charge in [0, 0.05) is 11.8 Å². The summed E-state index contributed by atoms with van der Waals surface area (Å²) in [4.78, 5) is 23.7. The molecule has 0 atom stereocenters. The van der Waals surface area contributed by atoms with Crippen molar-refractivity contribution in [2.45, 2.75) is 6.42 Å². The minimum atomic E-state index is -1.10. The third-order valence-corrected chi connectivity index (χ3v) is 3.85. The molecule has 0 unspecified atom stereocenters. The van der Waals surface area contributed by atoms with Gasteiger partial charge in [-0.1, -0.05) is 11.6 Å². The molecular formula is C18H14ClF2NO5. The molecule has 0 spiro atoms. The largest absolute Gasteiger partial charge is 0.486 e. The van der Waals surface area contributed by atoms with Crippen LogP contribution in [0.2, 0.25) is 5.02 Å². The predicted octanol–water partition coefficient (Wildman–Crippen LogP) is 3.11. The van der Waals surface area contributed by atoms with Crippen molar-refractivity contribution < 1.29 is 32.6 Å². The minimum Gasteiger partial charge on any atom is -0.486 e. The smallest absolute Gasteiger partial charge is 0.310 e. The first-order chi connectivity index (χ1) is 12.9. The maximum absolute atomic E-state index is 13.1. The van der Waals surface area contributed by atoms with Crippen molar-refractivity contribution in [1.82, 2.24) is 0 Å². The molecule has 1 aliphatic heterocycles. The Morgan fingerprint density at radius 3 is 2.67 bits per heavy atom. The Morgan fingerprint density at radius 2 is 1.89 bits per heavy atom. The Labute approximate surface area is 158 Å². The zero-order valence-corrected chi connectivity index (χ0v) is 14.6. The minimum absolute atomic E-state index is 0.0496. The monoisotopic (exact) mass is 397 g/mol. The van der Waals surface area contributed by atoms with Crippen LogP contribution in [0.3, 0.4) is 0 Å². The van der Waals surface area contributed by atoms with Crippen molar-refractivity contribution in [3.8, 4) is 11.5 Å². The second-order valence-corrected chi connectivity index (χ2v) is 6.02. The van der Waals surface area contributed by atoms with Crippen LogP contribution in [0.15, 0.2) is 30.3 Å². The van der Waals surface area contributed by atoms with Crippen molar-refractivity contribution in [1.29, 1.82) is 0 Å². The van der Waals surface area contributed by atoms with Crippen LogP contribution in [0.5, 0.6) is 11.5 Å². The number of nitrogens with one attached hydrogen (secondary N) is 1. The molecule has 2 aromatic carbocycles. The second kappa shape index (κ2) is 8.22. The average Bonchev–Trinajstić information content (AvgIpc) is 2.63. The first-order valence-electron chi connectivity index (χ1n) is 7.91. The summed E-state index contributed by atoms with van der Waals surface area (Å²) in [6.45, 7) is 0.193. The van der Waals surface area contributed by atoms with Gasteiger partial charge in [0.1, 0.15) is 13.2 Å². The van der Waals surface area contributed by atoms with Crippen molar-refractivity contribution >= 4 is 29.2 Å². The maximum Gasteiger partial charge on any atom is 0.310 e. The van der Waals surface area contributed by atoms with E-state index in [1.165, 1.54) is 6.07 Å². The van der Waals surface area contributed by atoms with Crippen molar-refractivity contribution in [2.24, 2.45) is 0 Å². The van der Waals surface area contributed by atoms with Gasteiger partial charge in [0.05, 0.1) is 11.4 Å². The molecule has 0 aliphatic carbocycles. The molecule has 0 saturated carbocycles. The highest BCUT2D eigenvalue weighted by molar-refractivity contribution is 6.32. The molecule has 6 nitrogen and oxygen atoms in total. The number of anilines is 1. The number of fused-ring (bicyclic) bond motifs is 1. The number of amides is 1. The molecule has 1 heterocycles. The number of carbonyl (C=O) groups excluding carboxylic acids is 2. The van der Waals surface area contributed by atoms with E-state index in [0.29, 0.717) is 35.3 Å². The van der Waals surface area contributed by atoms with Gasteiger partial charge >= 0.3 is 5.97 Å². The molecule has 0 saturated heterocycles. The Hall–Kier alpha value is -2.87. The highest BCUT2D eigenvalue weighted by Gasteiger charge is 2.18. The lowest BCUT2D eigenvalue weighted by atomic mass is 10.1. The molecule has 142 valence electrons. The Morgan fingerprint density at radius 1 is 1.11 bits per heavy atom. The standard InChI is InChI=1S/C18H14ClF2NO5/c19-12-5-10(6-15-18(12)26-4-3-25-15)7-17(24)27-9-16(23)22-11-1-2-13(20)14(21)8-11/h1-2,5-6,8H,3-4,7,9H2,(H,22,23). The fourth-order valence-corrected chi connectivity index (χ4v) is 2.69. The predicted molar refractivity (Wildman–Crippen MR) is 92.1 cm³/mol.